The van der Waals surface area contributed by atoms with Gasteiger partial charge in [-0.3, -0.25) is 9.59 Å². The Morgan fingerprint density at radius 3 is 2.07 bits per heavy atom. The molecule has 29 heavy (non-hydrogen) atoms. The lowest BCUT2D eigenvalue weighted by Crippen LogP contribution is -2.15. The van der Waals surface area contributed by atoms with Crippen molar-refractivity contribution >= 4 is 23.3 Å². The first kappa shape index (κ1) is 20.0. The van der Waals surface area contributed by atoms with E-state index in [9.17, 15) is 14.4 Å². The van der Waals surface area contributed by atoms with E-state index < -0.39 is 5.97 Å². The Labute approximate surface area is 169 Å². The SMILES string of the molecule is CC(=O)Nc1ccc(OC(=O)c2ccccc2C(=O)c2ccc(C)c(C)c2)cc1. The summed E-state index contributed by atoms with van der Waals surface area (Å²) in [4.78, 5) is 36.8. The van der Waals surface area contributed by atoms with Gasteiger partial charge in [0.2, 0.25) is 5.91 Å². The van der Waals surface area contributed by atoms with Crippen molar-refractivity contribution in [3.8, 4) is 5.75 Å². The highest BCUT2D eigenvalue weighted by Crippen LogP contribution is 2.21. The molecule has 1 N–H and O–H groups in total. The molecule has 0 atom stereocenters. The van der Waals surface area contributed by atoms with E-state index >= 15 is 0 Å². The summed E-state index contributed by atoms with van der Waals surface area (Å²) < 4.78 is 5.43. The predicted octanol–water partition coefficient (Wildman–Crippen LogP) is 4.71. The van der Waals surface area contributed by atoms with Crippen LogP contribution >= 0.6 is 0 Å². The second-order valence-electron chi connectivity index (χ2n) is 6.77. The number of ether oxygens (including phenoxy) is 1. The smallest absolute Gasteiger partial charge is 0.344 e. The number of nitrogens with one attached hydrogen (secondary N) is 1. The predicted molar refractivity (Wildman–Crippen MR) is 111 cm³/mol. The fourth-order valence-corrected chi connectivity index (χ4v) is 2.87. The number of esters is 1. The number of anilines is 1. The largest absolute Gasteiger partial charge is 0.423 e. The molecule has 0 fully saturated rings. The molecule has 1 amide bonds. The number of ketones is 1. The summed E-state index contributed by atoms with van der Waals surface area (Å²) in [5, 5.41) is 2.64. The monoisotopic (exact) mass is 387 g/mol. The molecule has 0 bridgehead atoms. The van der Waals surface area contributed by atoms with Crippen molar-refractivity contribution in [2.24, 2.45) is 0 Å². The van der Waals surface area contributed by atoms with E-state index in [0.29, 0.717) is 17.0 Å². The van der Waals surface area contributed by atoms with Gasteiger partial charge in [0.05, 0.1) is 5.56 Å². The molecule has 0 heterocycles. The van der Waals surface area contributed by atoms with Crippen LogP contribution in [0.4, 0.5) is 5.69 Å². The summed E-state index contributed by atoms with van der Waals surface area (Å²) >= 11 is 0. The van der Waals surface area contributed by atoms with Gasteiger partial charge in [-0.1, -0.05) is 30.3 Å². The van der Waals surface area contributed by atoms with E-state index in [-0.39, 0.29) is 22.8 Å². The third kappa shape index (κ3) is 4.76. The number of carbonyl (C=O) groups is 3. The average Bonchev–Trinajstić information content (AvgIpc) is 2.70. The fraction of sp³-hybridized carbons (Fsp3) is 0.125. The fourth-order valence-electron chi connectivity index (χ4n) is 2.87. The van der Waals surface area contributed by atoms with Crippen molar-refractivity contribution in [1.29, 1.82) is 0 Å². The van der Waals surface area contributed by atoms with E-state index in [2.05, 4.69) is 5.32 Å². The molecule has 0 radical (unpaired) electrons. The van der Waals surface area contributed by atoms with Crippen LogP contribution in [0.5, 0.6) is 5.75 Å². The topological polar surface area (TPSA) is 72.5 Å². The molecule has 0 aliphatic carbocycles. The van der Waals surface area contributed by atoms with Crippen LogP contribution < -0.4 is 10.1 Å². The first-order chi connectivity index (χ1) is 13.8. The molecule has 5 nitrogen and oxygen atoms in total. The maximum Gasteiger partial charge on any atom is 0.344 e. The average molecular weight is 387 g/mol. The van der Waals surface area contributed by atoms with Crippen LogP contribution in [0.2, 0.25) is 0 Å². The third-order valence-corrected chi connectivity index (χ3v) is 4.55. The minimum absolute atomic E-state index is 0.187. The molecule has 0 aromatic heterocycles. The van der Waals surface area contributed by atoms with Crippen LogP contribution in [0.3, 0.4) is 0 Å². The number of aryl methyl sites for hydroxylation is 2. The van der Waals surface area contributed by atoms with Gasteiger partial charge in [0.15, 0.2) is 5.78 Å². The van der Waals surface area contributed by atoms with Crippen LogP contribution in [-0.2, 0) is 4.79 Å². The van der Waals surface area contributed by atoms with Crippen molar-refractivity contribution in [2.45, 2.75) is 20.8 Å². The number of amides is 1. The lowest BCUT2D eigenvalue weighted by atomic mass is 9.96. The molecule has 0 aliphatic rings. The van der Waals surface area contributed by atoms with Gasteiger partial charge in [0, 0.05) is 23.7 Å². The molecule has 5 heteroatoms. The highest BCUT2D eigenvalue weighted by atomic mass is 16.5. The quantitative estimate of drug-likeness (QED) is 0.391. The van der Waals surface area contributed by atoms with Crippen LogP contribution in [0, 0.1) is 13.8 Å². The summed E-state index contributed by atoms with van der Waals surface area (Å²) in [6, 6.07) is 18.5. The number of hydrogen-bond donors (Lipinski definition) is 1. The summed E-state index contributed by atoms with van der Waals surface area (Å²) in [7, 11) is 0. The van der Waals surface area contributed by atoms with Gasteiger partial charge >= 0.3 is 5.97 Å². The van der Waals surface area contributed by atoms with Gasteiger partial charge in [0.1, 0.15) is 5.75 Å². The Hall–Kier alpha value is -3.73. The highest BCUT2D eigenvalue weighted by molar-refractivity contribution is 6.14. The second kappa shape index (κ2) is 8.52. The zero-order valence-electron chi connectivity index (χ0n) is 16.5. The van der Waals surface area contributed by atoms with Crippen molar-refractivity contribution in [2.75, 3.05) is 5.32 Å². The van der Waals surface area contributed by atoms with Crippen molar-refractivity contribution in [3.05, 3.63) is 94.5 Å². The minimum Gasteiger partial charge on any atom is -0.423 e. The Bertz CT molecular complexity index is 1080. The first-order valence-corrected chi connectivity index (χ1v) is 9.16. The van der Waals surface area contributed by atoms with Crippen LogP contribution in [0.25, 0.3) is 0 Å². The van der Waals surface area contributed by atoms with Gasteiger partial charge in [-0.25, -0.2) is 4.79 Å². The molecule has 146 valence electrons. The van der Waals surface area contributed by atoms with E-state index in [1.807, 2.05) is 26.0 Å². The van der Waals surface area contributed by atoms with Crippen LogP contribution in [0.15, 0.2) is 66.7 Å². The standard InChI is InChI=1S/C24H21NO4/c1-15-8-9-18(14-16(15)2)23(27)21-6-4-5-7-22(21)24(28)29-20-12-10-19(11-13-20)25-17(3)26/h4-14H,1-3H3,(H,25,26). The molecule has 0 saturated carbocycles. The lowest BCUT2D eigenvalue weighted by Gasteiger charge is -2.10. The third-order valence-electron chi connectivity index (χ3n) is 4.55. The van der Waals surface area contributed by atoms with E-state index in [1.165, 1.54) is 6.92 Å². The van der Waals surface area contributed by atoms with Crippen LogP contribution in [0.1, 0.15) is 44.3 Å². The van der Waals surface area contributed by atoms with Crippen molar-refractivity contribution in [3.63, 3.8) is 0 Å². The molecular weight excluding hydrogens is 366 g/mol. The number of rotatable bonds is 5. The summed E-state index contributed by atoms with van der Waals surface area (Å²) in [5.74, 6) is -0.724. The van der Waals surface area contributed by atoms with Gasteiger partial charge in [-0.2, -0.15) is 0 Å². The van der Waals surface area contributed by atoms with Gasteiger partial charge in [-0.05, 0) is 61.4 Å². The molecule has 0 saturated heterocycles. The Kier molecular flexibility index (Phi) is 5.88. The summed E-state index contributed by atoms with van der Waals surface area (Å²) in [5.41, 5.74) is 3.71. The molecule has 0 aliphatic heterocycles. The maximum atomic E-state index is 13.0. The second-order valence-corrected chi connectivity index (χ2v) is 6.77. The normalized spacial score (nSPS) is 10.3. The molecular formula is C24H21NO4. The number of carbonyl (C=O) groups excluding carboxylic acids is 3. The van der Waals surface area contributed by atoms with Gasteiger partial charge < -0.3 is 10.1 Å². The first-order valence-electron chi connectivity index (χ1n) is 9.16. The Balaban J connectivity index is 1.84. The van der Waals surface area contributed by atoms with Crippen molar-refractivity contribution < 1.29 is 19.1 Å². The maximum absolute atomic E-state index is 13.0. The minimum atomic E-state index is -0.620. The Morgan fingerprint density at radius 1 is 0.793 bits per heavy atom. The molecule has 3 aromatic carbocycles. The number of benzene rings is 3. The zero-order valence-corrected chi connectivity index (χ0v) is 16.5. The Morgan fingerprint density at radius 2 is 1.45 bits per heavy atom. The number of hydrogen-bond acceptors (Lipinski definition) is 4. The molecule has 0 unspecified atom stereocenters. The summed E-state index contributed by atoms with van der Waals surface area (Å²) in [6.45, 7) is 5.33. The van der Waals surface area contributed by atoms with Gasteiger partial charge in [0.25, 0.3) is 0 Å². The van der Waals surface area contributed by atoms with Crippen LogP contribution in [-0.4, -0.2) is 17.7 Å². The molecule has 3 aromatic rings. The lowest BCUT2D eigenvalue weighted by molar-refractivity contribution is -0.114. The summed E-state index contributed by atoms with van der Waals surface area (Å²) in [6.07, 6.45) is 0. The molecule has 3 rings (SSSR count). The highest BCUT2D eigenvalue weighted by Gasteiger charge is 2.20. The molecule has 0 spiro atoms. The van der Waals surface area contributed by atoms with Crippen molar-refractivity contribution in [1.82, 2.24) is 0 Å². The van der Waals surface area contributed by atoms with Gasteiger partial charge in [-0.15, -0.1) is 0 Å². The van der Waals surface area contributed by atoms with E-state index in [1.54, 1.807) is 54.6 Å². The zero-order chi connectivity index (χ0) is 21.0. The van der Waals surface area contributed by atoms with E-state index in [4.69, 9.17) is 4.74 Å². The van der Waals surface area contributed by atoms with E-state index in [0.717, 1.165) is 11.1 Å².